The van der Waals surface area contributed by atoms with Crippen LogP contribution < -0.4 is 14.8 Å². The van der Waals surface area contributed by atoms with Crippen LogP contribution in [0.1, 0.15) is 12.2 Å². The number of benzene rings is 1. The molecule has 1 heterocycles. The van der Waals surface area contributed by atoms with Crippen molar-refractivity contribution in [3.63, 3.8) is 0 Å². The second-order valence-electron chi connectivity index (χ2n) is 4.43. The van der Waals surface area contributed by atoms with Gasteiger partial charge in [0.05, 0.1) is 13.7 Å². The molecule has 2 rings (SSSR count). The van der Waals surface area contributed by atoms with E-state index in [1.807, 2.05) is 31.2 Å². The summed E-state index contributed by atoms with van der Waals surface area (Å²) < 4.78 is 10.7. The van der Waals surface area contributed by atoms with Crippen LogP contribution in [-0.2, 0) is 0 Å². The molecular weight excluding hydrogens is 290 g/mol. The number of nitrogens with zero attached hydrogens (tertiary/aromatic N) is 2. The molecule has 0 bridgehead atoms. The Morgan fingerprint density at radius 1 is 1.14 bits per heavy atom. The predicted octanol–water partition coefficient (Wildman–Crippen LogP) is 3.33. The predicted molar refractivity (Wildman–Crippen MR) is 83.4 cm³/mol. The number of ether oxygens (including phenoxy) is 2. The van der Waals surface area contributed by atoms with Crippen molar-refractivity contribution in [3.05, 3.63) is 41.3 Å². The first-order chi connectivity index (χ1) is 10.2. The fourth-order valence-electron chi connectivity index (χ4n) is 1.77. The van der Waals surface area contributed by atoms with E-state index in [9.17, 15) is 0 Å². The third kappa shape index (κ3) is 5.11. The molecule has 6 heteroatoms. The molecule has 5 nitrogen and oxygen atoms in total. The lowest BCUT2D eigenvalue weighted by molar-refractivity contribution is 0.314. The third-order valence-corrected chi connectivity index (χ3v) is 2.96. The van der Waals surface area contributed by atoms with E-state index in [0.29, 0.717) is 17.6 Å². The van der Waals surface area contributed by atoms with E-state index >= 15 is 0 Å². The molecule has 0 radical (unpaired) electrons. The highest BCUT2D eigenvalue weighted by molar-refractivity contribution is 6.29. The number of halogens is 1. The van der Waals surface area contributed by atoms with E-state index < -0.39 is 0 Å². The Labute approximate surface area is 129 Å². The average Bonchev–Trinajstić information content (AvgIpc) is 2.46. The summed E-state index contributed by atoms with van der Waals surface area (Å²) >= 11 is 5.87. The van der Waals surface area contributed by atoms with Gasteiger partial charge in [-0.15, -0.1) is 0 Å². The molecule has 1 aromatic heterocycles. The van der Waals surface area contributed by atoms with Gasteiger partial charge in [-0.1, -0.05) is 11.6 Å². The molecule has 2 aromatic rings. The number of rotatable bonds is 7. The maximum Gasteiger partial charge on any atom is 0.134 e. The molecule has 0 saturated heterocycles. The molecule has 21 heavy (non-hydrogen) atoms. The number of nitrogens with one attached hydrogen (secondary N) is 1. The Kier molecular flexibility index (Phi) is 5.63. The first kappa shape index (κ1) is 15.4. The van der Waals surface area contributed by atoms with Gasteiger partial charge in [-0.25, -0.2) is 9.97 Å². The molecule has 0 aliphatic rings. The molecule has 1 N–H and O–H groups in total. The van der Waals surface area contributed by atoms with Gasteiger partial charge in [0.15, 0.2) is 0 Å². The highest BCUT2D eigenvalue weighted by Gasteiger charge is 1.99. The second kappa shape index (κ2) is 7.69. The number of hydrogen-bond donors (Lipinski definition) is 1. The first-order valence-electron chi connectivity index (χ1n) is 6.69. The minimum atomic E-state index is 0.444. The lowest BCUT2D eigenvalue weighted by Gasteiger charge is -2.08. The van der Waals surface area contributed by atoms with Gasteiger partial charge in [-0.05, 0) is 37.6 Å². The van der Waals surface area contributed by atoms with E-state index in [1.54, 1.807) is 13.2 Å². The van der Waals surface area contributed by atoms with Crippen LogP contribution in [0.4, 0.5) is 5.82 Å². The highest BCUT2D eigenvalue weighted by Crippen LogP contribution is 2.17. The second-order valence-corrected chi connectivity index (χ2v) is 4.81. The fourth-order valence-corrected chi connectivity index (χ4v) is 2.00. The number of hydrogen-bond acceptors (Lipinski definition) is 5. The summed E-state index contributed by atoms with van der Waals surface area (Å²) in [5.41, 5.74) is 0. The zero-order valence-electron chi connectivity index (χ0n) is 12.1. The summed E-state index contributed by atoms with van der Waals surface area (Å²) in [7, 11) is 1.64. The minimum Gasteiger partial charge on any atom is -0.497 e. The van der Waals surface area contributed by atoms with Crippen molar-refractivity contribution in [2.24, 2.45) is 0 Å². The quantitative estimate of drug-likeness (QED) is 0.628. The Morgan fingerprint density at radius 3 is 2.52 bits per heavy atom. The largest absolute Gasteiger partial charge is 0.497 e. The summed E-state index contributed by atoms with van der Waals surface area (Å²) in [6, 6.07) is 9.23. The molecule has 1 aromatic carbocycles. The zero-order chi connectivity index (χ0) is 15.1. The normalized spacial score (nSPS) is 10.2. The average molecular weight is 308 g/mol. The summed E-state index contributed by atoms with van der Waals surface area (Å²) in [4.78, 5) is 8.26. The van der Waals surface area contributed by atoms with Crippen molar-refractivity contribution >= 4 is 17.4 Å². The summed E-state index contributed by atoms with van der Waals surface area (Å²) in [5, 5.41) is 3.64. The molecular formula is C15H18ClN3O2. The molecule has 0 spiro atoms. The van der Waals surface area contributed by atoms with Gasteiger partial charge in [0.1, 0.15) is 28.3 Å². The van der Waals surface area contributed by atoms with E-state index in [2.05, 4.69) is 15.3 Å². The van der Waals surface area contributed by atoms with Gasteiger partial charge in [0.2, 0.25) is 0 Å². The molecule has 0 fully saturated rings. The Morgan fingerprint density at radius 2 is 1.86 bits per heavy atom. The Hall–Kier alpha value is -2.01. The molecule has 0 aliphatic carbocycles. The standard InChI is InChI=1S/C15H18ClN3O2/c1-11-18-14(16)10-15(19-11)17-8-3-9-21-13-6-4-12(20-2)5-7-13/h4-7,10H,3,8-9H2,1-2H3,(H,17,18,19). The number of aryl methyl sites for hydroxylation is 1. The topological polar surface area (TPSA) is 56.3 Å². The van der Waals surface area contributed by atoms with Crippen molar-refractivity contribution in [2.45, 2.75) is 13.3 Å². The maximum atomic E-state index is 5.87. The van der Waals surface area contributed by atoms with Crippen LogP contribution in [-0.4, -0.2) is 30.2 Å². The fraction of sp³-hybridized carbons (Fsp3) is 0.333. The van der Waals surface area contributed by atoms with Crippen molar-refractivity contribution in [1.82, 2.24) is 9.97 Å². The number of anilines is 1. The van der Waals surface area contributed by atoms with E-state index in [1.165, 1.54) is 0 Å². The van der Waals surface area contributed by atoms with Crippen LogP contribution in [0.3, 0.4) is 0 Å². The van der Waals surface area contributed by atoms with Crippen LogP contribution in [0.25, 0.3) is 0 Å². The maximum absolute atomic E-state index is 5.87. The number of methoxy groups -OCH3 is 1. The van der Waals surface area contributed by atoms with Crippen LogP contribution in [0.15, 0.2) is 30.3 Å². The monoisotopic (exact) mass is 307 g/mol. The van der Waals surface area contributed by atoms with Gasteiger partial charge in [-0.2, -0.15) is 0 Å². The van der Waals surface area contributed by atoms with Crippen molar-refractivity contribution < 1.29 is 9.47 Å². The van der Waals surface area contributed by atoms with Crippen molar-refractivity contribution in [3.8, 4) is 11.5 Å². The smallest absolute Gasteiger partial charge is 0.134 e. The Bertz CT molecular complexity index is 555. The van der Waals surface area contributed by atoms with Crippen LogP contribution in [0.5, 0.6) is 11.5 Å². The van der Waals surface area contributed by atoms with E-state index in [0.717, 1.165) is 30.3 Å². The lowest BCUT2D eigenvalue weighted by Crippen LogP contribution is -2.09. The van der Waals surface area contributed by atoms with E-state index in [4.69, 9.17) is 21.1 Å². The van der Waals surface area contributed by atoms with Gasteiger partial charge in [0, 0.05) is 12.6 Å². The first-order valence-corrected chi connectivity index (χ1v) is 7.07. The molecule has 0 atom stereocenters. The lowest BCUT2D eigenvalue weighted by atomic mass is 10.3. The van der Waals surface area contributed by atoms with Crippen LogP contribution >= 0.6 is 11.6 Å². The van der Waals surface area contributed by atoms with Gasteiger partial charge in [-0.3, -0.25) is 0 Å². The van der Waals surface area contributed by atoms with Gasteiger partial charge in [0.25, 0.3) is 0 Å². The zero-order valence-corrected chi connectivity index (χ0v) is 12.9. The molecule has 0 amide bonds. The molecule has 0 aliphatic heterocycles. The van der Waals surface area contributed by atoms with Crippen molar-refractivity contribution in [2.75, 3.05) is 25.6 Å². The van der Waals surface area contributed by atoms with Gasteiger partial charge >= 0.3 is 0 Å². The number of aromatic nitrogens is 2. The van der Waals surface area contributed by atoms with Crippen LogP contribution in [0, 0.1) is 6.92 Å². The molecule has 0 unspecified atom stereocenters. The SMILES string of the molecule is COc1ccc(OCCCNc2cc(Cl)nc(C)n2)cc1. The summed E-state index contributed by atoms with van der Waals surface area (Å²) in [6.45, 7) is 3.18. The van der Waals surface area contributed by atoms with E-state index in [-0.39, 0.29) is 0 Å². The van der Waals surface area contributed by atoms with Crippen molar-refractivity contribution in [1.29, 1.82) is 0 Å². The molecule has 0 saturated carbocycles. The Balaban J connectivity index is 1.69. The highest BCUT2D eigenvalue weighted by atomic mass is 35.5. The molecule has 112 valence electrons. The van der Waals surface area contributed by atoms with Gasteiger partial charge < -0.3 is 14.8 Å². The summed E-state index contributed by atoms with van der Waals surface area (Å²) in [5.74, 6) is 3.04. The third-order valence-electron chi connectivity index (χ3n) is 2.76. The summed E-state index contributed by atoms with van der Waals surface area (Å²) in [6.07, 6.45) is 0.854. The van der Waals surface area contributed by atoms with Crippen LogP contribution in [0.2, 0.25) is 5.15 Å². The minimum absolute atomic E-state index is 0.444.